The van der Waals surface area contributed by atoms with Gasteiger partial charge in [-0.3, -0.25) is 0 Å². The molecule has 0 bridgehead atoms. The average molecular weight is 286 g/mol. The predicted molar refractivity (Wildman–Crippen MR) is 76.4 cm³/mol. The highest BCUT2D eigenvalue weighted by Gasteiger charge is 2.25. The Morgan fingerprint density at radius 3 is 3.06 bits per heavy atom. The molecule has 0 saturated carbocycles. The zero-order valence-electron chi connectivity index (χ0n) is 9.31. The lowest BCUT2D eigenvalue weighted by molar-refractivity contribution is 0.725. The second kappa shape index (κ2) is 4.63. The van der Waals surface area contributed by atoms with Gasteiger partial charge in [-0.2, -0.15) is 20.5 Å². The maximum atomic E-state index is 6.25. The first kappa shape index (κ1) is 11.6. The number of nitrogens with one attached hydrogen (secondary N) is 1. The van der Waals surface area contributed by atoms with Crippen LogP contribution in [0.4, 0.5) is 5.69 Å². The van der Waals surface area contributed by atoms with E-state index in [1.807, 2.05) is 23.9 Å². The van der Waals surface area contributed by atoms with E-state index in [1.54, 1.807) is 0 Å². The molecule has 0 aliphatic carbocycles. The molecule has 17 heavy (non-hydrogen) atoms. The quantitative estimate of drug-likeness (QED) is 0.914. The zero-order chi connectivity index (χ0) is 11.8. The van der Waals surface area contributed by atoms with Gasteiger partial charge in [-0.15, -0.1) is 0 Å². The normalized spacial score (nSPS) is 24.4. The molecule has 1 fully saturated rings. The molecule has 0 amide bonds. The maximum absolute atomic E-state index is 6.25. The Balaban J connectivity index is 1.98. The van der Waals surface area contributed by atoms with Gasteiger partial charge in [-0.25, -0.2) is 0 Å². The zero-order valence-corrected chi connectivity index (χ0v) is 11.7. The van der Waals surface area contributed by atoms with Gasteiger partial charge in [0.15, 0.2) is 0 Å². The summed E-state index contributed by atoms with van der Waals surface area (Å²) in [5.74, 6) is 1.21. The Bertz CT molecular complexity index is 542. The van der Waals surface area contributed by atoms with Gasteiger partial charge < -0.3 is 5.32 Å². The molecular formula is C11H12ClN3S2. The van der Waals surface area contributed by atoms with Crippen LogP contribution in [0.25, 0.3) is 11.0 Å². The van der Waals surface area contributed by atoms with Crippen molar-refractivity contribution in [3.8, 4) is 0 Å². The summed E-state index contributed by atoms with van der Waals surface area (Å²) in [6, 6.07) is 4.28. The predicted octanol–water partition coefficient (Wildman–Crippen LogP) is 3.65. The Labute approximate surface area is 113 Å². The van der Waals surface area contributed by atoms with E-state index >= 15 is 0 Å². The summed E-state index contributed by atoms with van der Waals surface area (Å²) < 4.78 is 8.56. The summed E-state index contributed by atoms with van der Waals surface area (Å²) in [6.45, 7) is 2.25. The number of hydrogen-bond acceptors (Lipinski definition) is 5. The Kier molecular flexibility index (Phi) is 3.15. The van der Waals surface area contributed by atoms with Crippen molar-refractivity contribution in [2.24, 2.45) is 0 Å². The molecule has 1 aliphatic rings. The molecule has 1 aromatic heterocycles. The number of rotatable bonds is 2. The summed E-state index contributed by atoms with van der Waals surface area (Å²) in [5.41, 5.74) is 2.75. The van der Waals surface area contributed by atoms with Gasteiger partial charge in [0, 0.05) is 11.3 Å². The molecule has 1 aliphatic heterocycles. The van der Waals surface area contributed by atoms with E-state index in [4.69, 9.17) is 11.6 Å². The van der Waals surface area contributed by atoms with E-state index in [-0.39, 0.29) is 0 Å². The number of halogens is 1. The third-order valence-corrected chi connectivity index (χ3v) is 5.27. The topological polar surface area (TPSA) is 37.8 Å². The van der Waals surface area contributed by atoms with E-state index < -0.39 is 0 Å². The van der Waals surface area contributed by atoms with Gasteiger partial charge in [-0.1, -0.05) is 18.5 Å². The van der Waals surface area contributed by atoms with Crippen LogP contribution in [0.3, 0.4) is 0 Å². The number of anilines is 1. The molecule has 90 valence electrons. The number of fused-ring (bicyclic) bond motifs is 1. The second-order valence-electron chi connectivity index (χ2n) is 4.17. The van der Waals surface area contributed by atoms with Crippen molar-refractivity contribution in [1.29, 1.82) is 0 Å². The molecule has 0 radical (unpaired) electrons. The van der Waals surface area contributed by atoms with Crippen LogP contribution in [0.2, 0.25) is 5.02 Å². The van der Waals surface area contributed by atoms with Crippen LogP contribution in [0.15, 0.2) is 12.1 Å². The molecule has 1 N–H and O–H groups in total. The van der Waals surface area contributed by atoms with Gasteiger partial charge in [0.2, 0.25) is 0 Å². The average Bonchev–Trinajstić information content (AvgIpc) is 2.92. The lowest BCUT2D eigenvalue weighted by Crippen LogP contribution is -2.25. The molecule has 6 heteroatoms. The summed E-state index contributed by atoms with van der Waals surface area (Å²) >= 11 is 9.48. The first-order chi connectivity index (χ1) is 8.25. The van der Waals surface area contributed by atoms with E-state index in [0.29, 0.717) is 11.3 Å². The summed E-state index contributed by atoms with van der Waals surface area (Å²) in [5, 5.41) is 4.89. The molecule has 3 nitrogen and oxygen atoms in total. The van der Waals surface area contributed by atoms with Crippen LogP contribution in [-0.2, 0) is 0 Å². The minimum atomic E-state index is 0.477. The van der Waals surface area contributed by atoms with Crippen molar-refractivity contribution >= 4 is 51.8 Å². The first-order valence-electron chi connectivity index (χ1n) is 5.54. The van der Waals surface area contributed by atoms with Crippen LogP contribution in [0, 0.1) is 0 Å². The molecule has 1 aromatic carbocycles. The summed E-state index contributed by atoms with van der Waals surface area (Å²) in [4.78, 5) is 0. The van der Waals surface area contributed by atoms with Crippen molar-refractivity contribution in [2.75, 3.05) is 11.1 Å². The van der Waals surface area contributed by atoms with Crippen LogP contribution in [-0.4, -0.2) is 25.8 Å². The molecule has 0 spiro atoms. The molecular weight excluding hydrogens is 274 g/mol. The van der Waals surface area contributed by atoms with Crippen LogP contribution in [0.1, 0.15) is 13.3 Å². The van der Waals surface area contributed by atoms with E-state index in [2.05, 4.69) is 21.0 Å². The van der Waals surface area contributed by atoms with Gasteiger partial charge in [0.25, 0.3) is 0 Å². The Hall–Kier alpha value is -0.520. The monoisotopic (exact) mass is 285 g/mol. The van der Waals surface area contributed by atoms with Crippen molar-refractivity contribution in [1.82, 2.24) is 8.75 Å². The standard InChI is InChI=1S/C11H12ClN3S2/c1-6-8(4-5-16-6)13-10-7(12)2-3-9-11(10)15-17-14-9/h2-3,6,8,13H,4-5H2,1H3. The number of thioether (sulfide) groups is 1. The van der Waals surface area contributed by atoms with Gasteiger partial charge in [0.05, 0.1) is 22.4 Å². The van der Waals surface area contributed by atoms with E-state index in [1.165, 1.54) is 23.9 Å². The largest absolute Gasteiger partial charge is 0.378 e. The minimum absolute atomic E-state index is 0.477. The summed E-state index contributed by atoms with van der Waals surface area (Å²) in [7, 11) is 0. The van der Waals surface area contributed by atoms with Gasteiger partial charge in [0.1, 0.15) is 11.0 Å². The fourth-order valence-corrected chi connectivity index (χ4v) is 4.02. The number of benzene rings is 1. The van der Waals surface area contributed by atoms with Crippen molar-refractivity contribution in [2.45, 2.75) is 24.6 Å². The highest BCUT2D eigenvalue weighted by molar-refractivity contribution is 8.00. The highest BCUT2D eigenvalue weighted by atomic mass is 35.5. The SMILES string of the molecule is CC1SCCC1Nc1c(Cl)ccc2nsnc12. The molecule has 1 saturated heterocycles. The second-order valence-corrected chi connectivity index (χ2v) is 6.59. The minimum Gasteiger partial charge on any atom is -0.378 e. The number of nitrogens with zero attached hydrogens (tertiary/aromatic N) is 2. The van der Waals surface area contributed by atoms with Crippen molar-refractivity contribution in [3.63, 3.8) is 0 Å². The van der Waals surface area contributed by atoms with Crippen LogP contribution in [0.5, 0.6) is 0 Å². The van der Waals surface area contributed by atoms with Crippen molar-refractivity contribution < 1.29 is 0 Å². The first-order valence-corrected chi connectivity index (χ1v) is 7.70. The molecule has 2 unspecified atom stereocenters. The smallest absolute Gasteiger partial charge is 0.129 e. The van der Waals surface area contributed by atoms with Crippen molar-refractivity contribution in [3.05, 3.63) is 17.2 Å². The molecule has 2 aromatic rings. The Morgan fingerprint density at radius 1 is 1.41 bits per heavy atom. The van der Waals surface area contributed by atoms with Crippen LogP contribution >= 0.6 is 35.1 Å². The lowest BCUT2D eigenvalue weighted by Gasteiger charge is -2.18. The number of aromatic nitrogens is 2. The highest BCUT2D eigenvalue weighted by Crippen LogP contribution is 2.34. The lowest BCUT2D eigenvalue weighted by atomic mass is 10.1. The fraction of sp³-hybridized carbons (Fsp3) is 0.455. The summed E-state index contributed by atoms with van der Waals surface area (Å²) in [6.07, 6.45) is 1.18. The van der Waals surface area contributed by atoms with Gasteiger partial charge in [-0.05, 0) is 24.3 Å². The molecule has 3 rings (SSSR count). The van der Waals surface area contributed by atoms with E-state index in [0.717, 1.165) is 21.7 Å². The third kappa shape index (κ3) is 2.11. The van der Waals surface area contributed by atoms with E-state index in [9.17, 15) is 0 Å². The number of hydrogen-bond donors (Lipinski definition) is 1. The maximum Gasteiger partial charge on any atom is 0.129 e. The fourth-order valence-electron chi connectivity index (χ4n) is 2.07. The Morgan fingerprint density at radius 2 is 2.29 bits per heavy atom. The van der Waals surface area contributed by atoms with Crippen LogP contribution < -0.4 is 5.32 Å². The third-order valence-electron chi connectivity index (χ3n) is 3.08. The van der Waals surface area contributed by atoms with Gasteiger partial charge >= 0.3 is 0 Å². The molecule has 2 atom stereocenters. The molecule has 2 heterocycles.